The Morgan fingerprint density at radius 2 is 1.39 bits per heavy atom. The Morgan fingerprint density at radius 3 is 2.03 bits per heavy atom. The fourth-order valence-electron chi connectivity index (χ4n) is 4.49. The van der Waals surface area contributed by atoms with Gasteiger partial charge in [-0.1, -0.05) is 60.7 Å². The van der Waals surface area contributed by atoms with Crippen LogP contribution in [0.4, 0.5) is 0 Å². The van der Waals surface area contributed by atoms with Crippen molar-refractivity contribution in [1.82, 2.24) is 4.98 Å². The van der Waals surface area contributed by atoms with Crippen LogP contribution in [-0.2, 0) is 5.79 Å². The van der Waals surface area contributed by atoms with Crippen LogP contribution in [0.3, 0.4) is 0 Å². The van der Waals surface area contributed by atoms with E-state index in [2.05, 4.69) is 4.98 Å². The quantitative estimate of drug-likeness (QED) is 0.438. The summed E-state index contributed by atoms with van der Waals surface area (Å²) in [7, 11) is 0. The van der Waals surface area contributed by atoms with Crippen LogP contribution < -0.4 is 9.47 Å². The molecule has 160 valence electrons. The highest BCUT2D eigenvalue weighted by Crippen LogP contribution is 2.53. The third-order valence-electron chi connectivity index (χ3n) is 6.02. The molecule has 1 N–H and O–H groups in total. The van der Waals surface area contributed by atoms with Crippen molar-refractivity contribution >= 4 is 11.6 Å². The number of aryl methyl sites for hydroxylation is 1. The van der Waals surface area contributed by atoms with Gasteiger partial charge in [-0.15, -0.1) is 0 Å². The number of hydrogen-bond acceptors (Lipinski definition) is 6. The predicted octanol–water partition coefficient (Wildman–Crippen LogP) is 4.54. The van der Waals surface area contributed by atoms with Crippen LogP contribution in [0.25, 0.3) is 0 Å². The Balaban J connectivity index is 1.60. The average Bonchev–Trinajstić information content (AvgIpc) is 3.23. The summed E-state index contributed by atoms with van der Waals surface area (Å²) < 4.78 is 12.8. The summed E-state index contributed by atoms with van der Waals surface area (Å²) in [5.74, 6) is -2.30. The van der Waals surface area contributed by atoms with Crippen LogP contribution in [-0.4, -0.2) is 21.7 Å². The standard InChI is InChI=1S/C27H17NO5/c1-15-12-18-19(14-28-15)25(31)22-20(29)13-21-26(23(22)24(18)30)33-27(32-21,16-8-4-2-5-9-16)17-10-6-3-7-11-17/h2-14,29H,1H3. The predicted molar refractivity (Wildman–Crippen MR) is 119 cm³/mol. The first-order valence-corrected chi connectivity index (χ1v) is 10.4. The molecule has 6 heteroatoms. The van der Waals surface area contributed by atoms with Crippen molar-refractivity contribution in [3.8, 4) is 17.2 Å². The van der Waals surface area contributed by atoms with E-state index in [1.54, 1.807) is 13.0 Å². The Kier molecular flexibility index (Phi) is 3.95. The molecule has 0 saturated carbocycles. The summed E-state index contributed by atoms with van der Waals surface area (Å²) in [4.78, 5) is 31.0. The van der Waals surface area contributed by atoms with E-state index in [1.165, 1.54) is 12.3 Å². The van der Waals surface area contributed by atoms with Gasteiger partial charge in [-0.25, -0.2) is 0 Å². The fraction of sp³-hybridized carbons (Fsp3) is 0.0741. The summed E-state index contributed by atoms with van der Waals surface area (Å²) in [6, 6.07) is 21.6. The van der Waals surface area contributed by atoms with E-state index >= 15 is 0 Å². The van der Waals surface area contributed by atoms with Crippen molar-refractivity contribution < 1.29 is 24.2 Å². The van der Waals surface area contributed by atoms with Crippen LogP contribution in [0.15, 0.2) is 79.0 Å². The summed E-state index contributed by atoms with van der Waals surface area (Å²) >= 11 is 0. The second kappa shape index (κ2) is 6.77. The molecule has 0 fully saturated rings. The summed E-state index contributed by atoms with van der Waals surface area (Å²) in [5.41, 5.74) is 2.30. The van der Waals surface area contributed by atoms with Crippen molar-refractivity contribution in [2.75, 3.05) is 0 Å². The smallest absolute Gasteiger partial charge is 0.305 e. The van der Waals surface area contributed by atoms with E-state index in [0.29, 0.717) is 16.8 Å². The van der Waals surface area contributed by atoms with E-state index in [9.17, 15) is 14.7 Å². The largest absolute Gasteiger partial charge is 0.507 e. The molecule has 3 aromatic carbocycles. The topological polar surface area (TPSA) is 85.7 Å². The van der Waals surface area contributed by atoms with Gasteiger partial charge in [0.2, 0.25) is 0 Å². The number of aromatic hydroxyl groups is 1. The van der Waals surface area contributed by atoms with E-state index in [1.807, 2.05) is 60.7 Å². The molecule has 2 aliphatic rings. The van der Waals surface area contributed by atoms with Gasteiger partial charge < -0.3 is 14.6 Å². The normalized spacial score (nSPS) is 15.2. The number of pyridine rings is 1. The van der Waals surface area contributed by atoms with Crippen LogP contribution in [0.5, 0.6) is 17.2 Å². The molecular formula is C27H17NO5. The van der Waals surface area contributed by atoms with Gasteiger partial charge in [-0.2, -0.15) is 0 Å². The number of aromatic nitrogens is 1. The minimum atomic E-state index is -1.38. The van der Waals surface area contributed by atoms with Gasteiger partial charge in [0.15, 0.2) is 23.1 Å². The molecule has 0 bridgehead atoms. The maximum absolute atomic E-state index is 13.6. The lowest BCUT2D eigenvalue weighted by Crippen LogP contribution is -2.37. The zero-order valence-electron chi connectivity index (χ0n) is 17.5. The van der Waals surface area contributed by atoms with Crippen molar-refractivity contribution in [3.05, 3.63) is 118 Å². The number of ketones is 2. The maximum atomic E-state index is 13.6. The number of phenols is 1. The minimum absolute atomic E-state index is 0.00170. The molecule has 1 aliphatic heterocycles. The molecule has 1 aromatic heterocycles. The highest BCUT2D eigenvalue weighted by Gasteiger charge is 2.49. The van der Waals surface area contributed by atoms with Gasteiger partial charge in [0, 0.05) is 34.6 Å². The molecule has 0 amide bonds. The molecule has 0 unspecified atom stereocenters. The van der Waals surface area contributed by atoms with Crippen molar-refractivity contribution in [1.29, 1.82) is 0 Å². The fourth-order valence-corrected chi connectivity index (χ4v) is 4.49. The molecule has 6 rings (SSSR count). The highest BCUT2D eigenvalue weighted by atomic mass is 16.7. The zero-order valence-corrected chi connectivity index (χ0v) is 17.5. The number of fused-ring (bicyclic) bond motifs is 4. The maximum Gasteiger partial charge on any atom is 0.305 e. The lowest BCUT2D eigenvalue weighted by molar-refractivity contribution is -0.0461. The minimum Gasteiger partial charge on any atom is -0.507 e. The molecule has 0 saturated heterocycles. The van der Waals surface area contributed by atoms with Crippen molar-refractivity contribution in [3.63, 3.8) is 0 Å². The van der Waals surface area contributed by atoms with E-state index in [4.69, 9.17) is 9.47 Å². The van der Waals surface area contributed by atoms with Crippen molar-refractivity contribution in [2.45, 2.75) is 12.7 Å². The molecule has 0 radical (unpaired) electrons. The Labute approximate surface area is 189 Å². The number of phenolic OH excluding ortho intramolecular Hbond substituents is 1. The number of benzene rings is 3. The molecule has 1 aliphatic carbocycles. The second-order valence-electron chi connectivity index (χ2n) is 8.06. The number of ether oxygens (including phenoxy) is 2. The van der Waals surface area contributed by atoms with Crippen LogP contribution in [0, 0.1) is 6.92 Å². The van der Waals surface area contributed by atoms with Gasteiger partial charge in [-0.05, 0) is 13.0 Å². The number of carbonyl (C=O) groups is 2. The Morgan fingerprint density at radius 1 is 0.788 bits per heavy atom. The monoisotopic (exact) mass is 435 g/mol. The van der Waals surface area contributed by atoms with Crippen molar-refractivity contribution in [2.24, 2.45) is 0 Å². The second-order valence-corrected chi connectivity index (χ2v) is 8.06. The first-order valence-electron chi connectivity index (χ1n) is 10.4. The number of nitrogens with zero attached hydrogens (tertiary/aromatic N) is 1. The van der Waals surface area contributed by atoms with Gasteiger partial charge in [-0.3, -0.25) is 14.6 Å². The number of hydrogen-bond donors (Lipinski definition) is 1. The number of rotatable bonds is 2. The molecule has 0 atom stereocenters. The highest BCUT2D eigenvalue weighted by molar-refractivity contribution is 6.30. The lowest BCUT2D eigenvalue weighted by Gasteiger charge is -2.28. The van der Waals surface area contributed by atoms with E-state index in [-0.39, 0.29) is 39.5 Å². The van der Waals surface area contributed by atoms with E-state index < -0.39 is 17.4 Å². The average molecular weight is 435 g/mol. The van der Waals surface area contributed by atoms with Gasteiger partial charge >= 0.3 is 5.79 Å². The molecule has 2 heterocycles. The third kappa shape index (κ3) is 2.64. The molecule has 6 nitrogen and oxygen atoms in total. The summed E-state index contributed by atoms with van der Waals surface area (Å²) in [6.07, 6.45) is 1.37. The molecular weight excluding hydrogens is 418 g/mol. The van der Waals surface area contributed by atoms with Crippen LogP contribution >= 0.6 is 0 Å². The lowest BCUT2D eigenvalue weighted by atomic mass is 9.83. The van der Waals surface area contributed by atoms with E-state index in [0.717, 1.165) is 0 Å². The van der Waals surface area contributed by atoms with Gasteiger partial charge in [0.05, 0.1) is 16.7 Å². The Bertz CT molecular complexity index is 1420. The van der Waals surface area contributed by atoms with Crippen LogP contribution in [0.1, 0.15) is 48.7 Å². The Hall–Kier alpha value is -4.45. The summed E-state index contributed by atoms with van der Waals surface area (Å²) in [6.45, 7) is 1.75. The number of carbonyl (C=O) groups excluding carboxylic acids is 2. The van der Waals surface area contributed by atoms with Gasteiger partial charge in [0.25, 0.3) is 0 Å². The first-order chi connectivity index (χ1) is 16.0. The third-order valence-corrected chi connectivity index (χ3v) is 6.02. The zero-order chi connectivity index (χ0) is 22.7. The van der Waals surface area contributed by atoms with Gasteiger partial charge in [0.1, 0.15) is 5.75 Å². The van der Waals surface area contributed by atoms with Crippen LogP contribution in [0.2, 0.25) is 0 Å². The molecule has 0 spiro atoms. The molecule has 33 heavy (non-hydrogen) atoms. The molecule has 4 aromatic rings. The first kappa shape index (κ1) is 19.3. The SMILES string of the molecule is Cc1cc2c(cn1)C(=O)c1c(O)cc3c(c1C2=O)OC(c1ccccc1)(c1ccccc1)O3. The summed E-state index contributed by atoms with van der Waals surface area (Å²) in [5, 5.41) is 10.8.